The number of benzene rings is 1. The summed E-state index contributed by atoms with van der Waals surface area (Å²) in [5, 5.41) is 16.9. The van der Waals surface area contributed by atoms with Crippen LogP contribution in [0.1, 0.15) is 5.76 Å². The van der Waals surface area contributed by atoms with E-state index in [2.05, 4.69) is 15.2 Å². The van der Waals surface area contributed by atoms with Crippen LogP contribution < -0.4 is 10.0 Å². The highest BCUT2D eigenvalue weighted by molar-refractivity contribution is 7.92. The van der Waals surface area contributed by atoms with E-state index in [1.807, 2.05) is 0 Å². The first kappa shape index (κ1) is 14.8. The monoisotopic (exact) mass is 312 g/mol. The van der Waals surface area contributed by atoms with Crippen molar-refractivity contribution in [2.75, 3.05) is 17.1 Å². The molecule has 0 spiro atoms. The third-order valence-corrected chi connectivity index (χ3v) is 3.96. The van der Waals surface area contributed by atoms with Gasteiger partial charge >= 0.3 is 0 Å². The average molecular weight is 312 g/mol. The highest BCUT2D eigenvalue weighted by Crippen LogP contribution is 2.27. The molecule has 0 aliphatic heterocycles. The normalized spacial score (nSPS) is 11.1. The predicted octanol–water partition coefficient (Wildman–Crippen LogP) is 1.73. The first-order valence-corrected chi connectivity index (χ1v) is 7.24. The van der Waals surface area contributed by atoms with Gasteiger partial charge in [0, 0.05) is 19.2 Å². The molecule has 2 aromatic rings. The molecule has 2 rings (SSSR count). The van der Waals surface area contributed by atoms with Crippen molar-refractivity contribution in [3.63, 3.8) is 0 Å². The summed E-state index contributed by atoms with van der Waals surface area (Å²) in [7, 11) is -2.44. The molecule has 1 heterocycles. The molecule has 0 aliphatic carbocycles. The zero-order valence-corrected chi connectivity index (χ0v) is 12.0. The number of nitrogens with one attached hydrogen (secondary N) is 2. The van der Waals surface area contributed by atoms with Crippen molar-refractivity contribution in [2.24, 2.45) is 0 Å². The van der Waals surface area contributed by atoms with Gasteiger partial charge < -0.3 is 9.84 Å². The zero-order chi connectivity index (χ0) is 15.6. The topological polar surface area (TPSA) is 127 Å². The fraction of sp³-hybridized carbons (Fsp3) is 0.182. The van der Waals surface area contributed by atoms with Crippen LogP contribution in [-0.4, -0.2) is 25.5 Å². The van der Waals surface area contributed by atoms with Crippen molar-refractivity contribution in [3.05, 3.63) is 40.1 Å². The Bertz CT molecular complexity index is 784. The Labute approximate surface area is 120 Å². The second kappa shape index (κ2) is 5.40. The highest BCUT2D eigenvalue weighted by Gasteiger charge is 2.21. The highest BCUT2D eigenvalue weighted by atomic mass is 32.2. The lowest BCUT2D eigenvalue weighted by Gasteiger charge is -2.07. The largest absolute Gasteiger partial charge is 0.383 e. The molecule has 1 aromatic carbocycles. The molecule has 0 atom stereocenters. The molecular weight excluding hydrogens is 300 g/mol. The number of nitrogens with zero attached hydrogens (tertiary/aromatic N) is 2. The number of sulfonamides is 1. The molecule has 0 bridgehead atoms. The van der Waals surface area contributed by atoms with Crippen LogP contribution in [0.4, 0.5) is 17.2 Å². The lowest BCUT2D eigenvalue weighted by atomic mass is 10.3. The van der Waals surface area contributed by atoms with Gasteiger partial charge in [-0.15, -0.1) is 0 Å². The van der Waals surface area contributed by atoms with E-state index in [0.29, 0.717) is 5.76 Å². The zero-order valence-electron chi connectivity index (χ0n) is 11.2. The van der Waals surface area contributed by atoms with E-state index < -0.39 is 14.9 Å². The number of aromatic nitrogens is 1. The van der Waals surface area contributed by atoms with Gasteiger partial charge in [-0.05, 0) is 19.1 Å². The Balaban J connectivity index is 2.38. The van der Waals surface area contributed by atoms with Crippen LogP contribution >= 0.6 is 0 Å². The van der Waals surface area contributed by atoms with Gasteiger partial charge in [0.2, 0.25) is 0 Å². The van der Waals surface area contributed by atoms with Crippen molar-refractivity contribution < 1.29 is 17.9 Å². The molecule has 0 aliphatic rings. The van der Waals surface area contributed by atoms with Crippen LogP contribution in [0.3, 0.4) is 0 Å². The van der Waals surface area contributed by atoms with E-state index in [1.165, 1.54) is 19.2 Å². The summed E-state index contributed by atoms with van der Waals surface area (Å²) in [6, 6.07) is 4.86. The molecule has 1 aromatic heterocycles. The Morgan fingerprint density at radius 1 is 1.33 bits per heavy atom. The van der Waals surface area contributed by atoms with Gasteiger partial charge in [0.25, 0.3) is 15.7 Å². The molecule has 21 heavy (non-hydrogen) atoms. The quantitative estimate of drug-likeness (QED) is 0.635. The summed E-state index contributed by atoms with van der Waals surface area (Å²) in [4.78, 5) is 10.1. The minimum Gasteiger partial charge on any atom is -0.383 e. The fourth-order valence-electron chi connectivity index (χ4n) is 1.65. The summed E-state index contributed by atoms with van der Waals surface area (Å²) in [6.45, 7) is 1.62. The molecule has 10 heteroatoms. The maximum atomic E-state index is 12.2. The van der Waals surface area contributed by atoms with Crippen LogP contribution in [-0.2, 0) is 10.0 Å². The molecule has 2 N–H and O–H groups in total. The first-order chi connectivity index (χ1) is 9.83. The summed E-state index contributed by atoms with van der Waals surface area (Å²) in [5.74, 6) is 0.490. The minimum absolute atomic E-state index is 0.0388. The molecule has 9 nitrogen and oxygen atoms in total. The smallest absolute Gasteiger partial charge is 0.292 e. The third-order valence-electron chi connectivity index (χ3n) is 2.61. The molecule has 0 saturated carbocycles. The van der Waals surface area contributed by atoms with Crippen molar-refractivity contribution in [1.82, 2.24) is 5.16 Å². The van der Waals surface area contributed by atoms with Crippen LogP contribution in [0.25, 0.3) is 0 Å². The Hall–Kier alpha value is -2.62. The summed E-state index contributed by atoms with van der Waals surface area (Å²) in [6.07, 6.45) is 0. The summed E-state index contributed by atoms with van der Waals surface area (Å²) < 4.78 is 31.3. The van der Waals surface area contributed by atoms with Crippen LogP contribution in [0, 0.1) is 17.0 Å². The van der Waals surface area contributed by atoms with Crippen molar-refractivity contribution in [1.29, 1.82) is 0 Å². The third kappa shape index (κ3) is 3.11. The van der Waals surface area contributed by atoms with Crippen LogP contribution in [0.15, 0.2) is 33.7 Å². The lowest BCUT2D eigenvalue weighted by molar-refractivity contribution is -0.384. The average Bonchev–Trinajstić information content (AvgIpc) is 2.82. The van der Waals surface area contributed by atoms with E-state index in [-0.39, 0.29) is 22.1 Å². The van der Waals surface area contributed by atoms with E-state index in [4.69, 9.17) is 4.52 Å². The predicted molar refractivity (Wildman–Crippen MR) is 74.7 cm³/mol. The Morgan fingerprint density at radius 2 is 2.05 bits per heavy atom. The maximum Gasteiger partial charge on any atom is 0.292 e. The number of anilines is 2. The van der Waals surface area contributed by atoms with Crippen LogP contribution in [0.5, 0.6) is 0 Å². The number of aryl methyl sites for hydroxylation is 1. The van der Waals surface area contributed by atoms with E-state index in [0.717, 1.165) is 12.1 Å². The van der Waals surface area contributed by atoms with Crippen molar-refractivity contribution >= 4 is 27.2 Å². The van der Waals surface area contributed by atoms with E-state index in [1.54, 1.807) is 6.92 Å². The number of hydrogen-bond donors (Lipinski definition) is 2. The Morgan fingerprint density at radius 3 is 2.57 bits per heavy atom. The van der Waals surface area contributed by atoms with E-state index in [9.17, 15) is 18.5 Å². The maximum absolute atomic E-state index is 12.2. The first-order valence-electron chi connectivity index (χ1n) is 5.76. The fourth-order valence-corrected chi connectivity index (χ4v) is 2.66. The van der Waals surface area contributed by atoms with Gasteiger partial charge in [0.05, 0.1) is 9.82 Å². The number of rotatable bonds is 5. The lowest BCUT2D eigenvalue weighted by Crippen LogP contribution is -2.13. The van der Waals surface area contributed by atoms with Gasteiger partial charge in [0.1, 0.15) is 11.4 Å². The SMILES string of the molecule is CNc1cc(S(=O)(=O)Nc2cc(C)on2)ccc1[N+](=O)[O-]. The number of nitro groups is 1. The summed E-state index contributed by atoms with van der Waals surface area (Å²) >= 11 is 0. The molecular formula is C11H12N4O5S. The van der Waals surface area contributed by atoms with Gasteiger partial charge in [0.15, 0.2) is 5.82 Å². The number of nitro benzene ring substituents is 1. The Kier molecular flexibility index (Phi) is 3.80. The van der Waals surface area contributed by atoms with Gasteiger partial charge in [-0.2, -0.15) is 0 Å². The van der Waals surface area contributed by atoms with Gasteiger partial charge in [-0.25, -0.2) is 8.42 Å². The minimum atomic E-state index is -3.91. The molecule has 112 valence electrons. The number of hydrogen-bond acceptors (Lipinski definition) is 7. The van der Waals surface area contributed by atoms with Gasteiger partial charge in [-0.1, -0.05) is 5.16 Å². The van der Waals surface area contributed by atoms with Crippen molar-refractivity contribution in [2.45, 2.75) is 11.8 Å². The second-order valence-corrected chi connectivity index (χ2v) is 5.80. The second-order valence-electron chi connectivity index (χ2n) is 4.11. The molecule has 0 amide bonds. The van der Waals surface area contributed by atoms with Crippen molar-refractivity contribution in [3.8, 4) is 0 Å². The van der Waals surface area contributed by atoms with E-state index >= 15 is 0 Å². The van der Waals surface area contributed by atoms with Crippen LogP contribution in [0.2, 0.25) is 0 Å². The molecule has 0 fully saturated rings. The molecule has 0 saturated heterocycles. The molecule has 0 unspecified atom stereocenters. The standard InChI is InChI=1S/C11H12N4O5S/c1-7-5-11(13-20-7)14-21(18,19)8-3-4-10(15(16)17)9(6-8)12-2/h3-6,12H,1-2H3,(H,13,14). The summed E-state index contributed by atoms with van der Waals surface area (Å²) in [5.41, 5.74) is -0.118. The molecule has 0 radical (unpaired) electrons. The van der Waals surface area contributed by atoms with Gasteiger partial charge in [-0.3, -0.25) is 14.8 Å².